The van der Waals surface area contributed by atoms with Crippen molar-refractivity contribution >= 4 is 6.03 Å². The van der Waals surface area contributed by atoms with E-state index in [2.05, 4.69) is 35.6 Å². The van der Waals surface area contributed by atoms with Gasteiger partial charge in [0.15, 0.2) is 0 Å². The summed E-state index contributed by atoms with van der Waals surface area (Å²) in [6, 6.07) is 0.441. The van der Waals surface area contributed by atoms with E-state index in [1.165, 1.54) is 0 Å². The summed E-state index contributed by atoms with van der Waals surface area (Å²) in [5.74, 6) is 1.52. The lowest BCUT2D eigenvalue weighted by Crippen LogP contribution is -2.54. The molecule has 1 fully saturated rings. The first kappa shape index (κ1) is 12.9. The minimum absolute atomic E-state index is 0.0549. The molecule has 2 heterocycles. The van der Waals surface area contributed by atoms with Gasteiger partial charge in [0.05, 0.1) is 6.04 Å². The van der Waals surface area contributed by atoms with Crippen LogP contribution in [0.3, 0.4) is 0 Å². The Hall–Kier alpha value is -1.52. The van der Waals surface area contributed by atoms with E-state index in [0.717, 1.165) is 31.9 Å². The summed E-state index contributed by atoms with van der Waals surface area (Å²) in [6.07, 6.45) is 4.83. The van der Waals surface area contributed by atoms with Crippen LogP contribution in [0.2, 0.25) is 0 Å². The minimum Gasteiger partial charge on any atom is -0.338 e. The van der Waals surface area contributed by atoms with Crippen molar-refractivity contribution in [3.8, 4) is 0 Å². The molecule has 1 aromatic heterocycles. The second-order valence-electron chi connectivity index (χ2n) is 5.14. The molecule has 0 unspecified atom stereocenters. The number of urea groups is 1. The van der Waals surface area contributed by atoms with Crippen molar-refractivity contribution in [1.29, 1.82) is 0 Å². The maximum Gasteiger partial charge on any atom is 0.317 e. The molecule has 5 nitrogen and oxygen atoms in total. The average molecular weight is 250 g/mol. The first-order valence-electron chi connectivity index (χ1n) is 6.69. The van der Waals surface area contributed by atoms with E-state index < -0.39 is 0 Å². The van der Waals surface area contributed by atoms with Crippen molar-refractivity contribution in [2.45, 2.75) is 39.2 Å². The lowest BCUT2D eigenvalue weighted by molar-refractivity contribution is 0.123. The molecule has 0 aliphatic carbocycles. The van der Waals surface area contributed by atoms with Gasteiger partial charge in [-0.3, -0.25) is 0 Å². The van der Waals surface area contributed by atoms with E-state index in [-0.39, 0.29) is 6.03 Å². The summed E-state index contributed by atoms with van der Waals surface area (Å²) < 4.78 is 2.20. The van der Waals surface area contributed by atoms with Crippen molar-refractivity contribution in [3.63, 3.8) is 0 Å². The Morgan fingerprint density at radius 3 is 2.89 bits per heavy atom. The number of likely N-dealkylation sites (tertiary alicyclic amines) is 1. The second-order valence-corrected chi connectivity index (χ2v) is 5.14. The van der Waals surface area contributed by atoms with Crippen molar-refractivity contribution in [1.82, 2.24) is 19.8 Å². The van der Waals surface area contributed by atoms with Crippen LogP contribution in [-0.4, -0.2) is 40.1 Å². The van der Waals surface area contributed by atoms with Crippen molar-refractivity contribution in [3.05, 3.63) is 18.2 Å². The van der Waals surface area contributed by atoms with E-state index in [0.29, 0.717) is 12.0 Å². The first-order valence-corrected chi connectivity index (χ1v) is 6.69. The number of carbonyl (C=O) groups is 1. The predicted octanol–water partition coefficient (Wildman–Crippen LogP) is 1.98. The maximum absolute atomic E-state index is 11.7. The Bertz CT molecular complexity index is 407. The molecule has 18 heavy (non-hydrogen) atoms. The third kappa shape index (κ3) is 2.49. The molecule has 1 N–H and O–H groups in total. The zero-order valence-corrected chi connectivity index (χ0v) is 11.4. The fraction of sp³-hybridized carbons (Fsp3) is 0.692. The molecule has 0 atom stereocenters. The van der Waals surface area contributed by atoms with Gasteiger partial charge in [-0.15, -0.1) is 0 Å². The van der Waals surface area contributed by atoms with Crippen LogP contribution < -0.4 is 5.32 Å². The van der Waals surface area contributed by atoms with E-state index in [4.69, 9.17) is 0 Å². The molecule has 0 saturated carbocycles. The average Bonchev–Trinajstić information content (AvgIpc) is 2.73. The molecule has 1 aromatic rings. The number of imidazole rings is 1. The van der Waals surface area contributed by atoms with Gasteiger partial charge in [0.25, 0.3) is 0 Å². The molecule has 1 aliphatic rings. The number of nitrogens with zero attached hydrogens (tertiary/aromatic N) is 3. The Labute approximate surface area is 108 Å². The highest BCUT2D eigenvalue weighted by Crippen LogP contribution is 2.25. The molecular weight excluding hydrogens is 228 g/mol. The number of hydrogen-bond acceptors (Lipinski definition) is 2. The van der Waals surface area contributed by atoms with Gasteiger partial charge in [-0.05, 0) is 6.42 Å². The third-order valence-electron chi connectivity index (χ3n) is 3.28. The van der Waals surface area contributed by atoms with Gasteiger partial charge in [0, 0.05) is 37.9 Å². The Kier molecular flexibility index (Phi) is 3.89. The Balaban J connectivity index is 1.88. The molecule has 1 aliphatic heterocycles. The largest absolute Gasteiger partial charge is 0.338 e. The number of amides is 2. The molecule has 0 radical (unpaired) electrons. The molecular formula is C13H22N4O. The lowest BCUT2D eigenvalue weighted by Gasteiger charge is -2.40. The zero-order valence-electron chi connectivity index (χ0n) is 11.4. The summed E-state index contributed by atoms with van der Waals surface area (Å²) in [5, 5.41) is 2.90. The predicted molar refractivity (Wildman–Crippen MR) is 70.6 cm³/mol. The van der Waals surface area contributed by atoms with E-state index in [1.54, 1.807) is 0 Å². The van der Waals surface area contributed by atoms with Gasteiger partial charge in [0.1, 0.15) is 5.82 Å². The number of nitrogens with one attached hydrogen (secondary N) is 1. The topological polar surface area (TPSA) is 50.2 Å². The molecule has 0 aromatic carbocycles. The highest BCUT2D eigenvalue weighted by Gasteiger charge is 2.32. The van der Waals surface area contributed by atoms with Gasteiger partial charge in [-0.1, -0.05) is 20.8 Å². The molecule has 2 rings (SSSR count). The Morgan fingerprint density at radius 2 is 2.28 bits per heavy atom. The minimum atomic E-state index is 0.0549. The van der Waals surface area contributed by atoms with Crippen LogP contribution in [0, 0.1) is 0 Å². The summed E-state index contributed by atoms with van der Waals surface area (Å²) in [6.45, 7) is 8.66. The summed E-state index contributed by atoms with van der Waals surface area (Å²) in [5.41, 5.74) is 0. The first-order chi connectivity index (χ1) is 8.63. The standard InChI is InChI=1S/C13H22N4O/c1-4-5-15-13(18)16-8-11(9-16)17-7-6-14-12(17)10(2)3/h6-7,10-11H,4-5,8-9H2,1-3H3,(H,15,18). The molecule has 2 amide bonds. The number of aromatic nitrogens is 2. The highest BCUT2D eigenvalue weighted by atomic mass is 16.2. The van der Waals surface area contributed by atoms with Crippen LogP contribution in [0.1, 0.15) is 45.0 Å². The lowest BCUT2D eigenvalue weighted by atomic mass is 10.1. The Morgan fingerprint density at radius 1 is 1.56 bits per heavy atom. The van der Waals surface area contributed by atoms with Crippen LogP contribution in [0.25, 0.3) is 0 Å². The normalized spacial score (nSPS) is 15.9. The maximum atomic E-state index is 11.7. The van der Waals surface area contributed by atoms with Gasteiger partial charge >= 0.3 is 6.03 Å². The number of rotatable bonds is 4. The SMILES string of the molecule is CCCNC(=O)N1CC(n2ccnc2C(C)C)C1. The van der Waals surface area contributed by atoms with Gasteiger partial charge < -0.3 is 14.8 Å². The monoisotopic (exact) mass is 250 g/mol. The van der Waals surface area contributed by atoms with Gasteiger partial charge in [-0.2, -0.15) is 0 Å². The molecule has 0 spiro atoms. The summed E-state index contributed by atoms with van der Waals surface area (Å²) in [4.78, 5) is 17.9. The number of carbonyl (C=O) groups excluding carboxylic acids is 1. The molecule has 0 bridgehead atoms. The van der Waals surface area contributed by atoms with Crippen molar-refractivity contribution < 1.29 is 4.79 Å². The van der Waals surface area contributed by atoms with Crippen LogP contribution in [-0.2, 0) is 0 Å². The second kappa shape index (κ2) is 5.42. The van der Waals surface area contributed by atoms with E-state index >= 15 is 0 Å². The van der Waals surface area contributed by atoms with Crippen molar-refractivity contribution in [2.24, 2.45) is 0 Å². The highest BCUT2D eigenvalue weighted by molar-refractivity contribution is 5.75. The molecule has 1 saturated heterocycles. The fourth-order valence-electron chi connectivity index (χ4n) is 2.22. The summed E-state index contributed by atoms with van der Waals surface area (Å²) in [7, 11) is 0. The zero-order chi connectivity index (χ0) is 13.1. The third-order valence-corrected chi connectivity index (χ3v) is 3.28. The van der Waals surface area contributed by atoms with E-state index in [1.807, 2.05) is 17.3 Å². The quantitative estimate of drug-likeness (QED) is 0.888. The van der Waals surface area contributed by atoms with Crippen LogP contribution in [0.15, 0.2) is 12.4 Å². The smallest absolute Gasteiger partial charge is 0.317 e. The van der Waals surface area contributed by atoms with Crippen LogP contribution in [0.4, 0.5) is 4.79 Å². The van der Waals surface area contributed by atoms with E-state index in [9.17, 15) is 4.79 Å². The van der Waals surface area contributed by atoms with Gasteiger partial charge in [0.2, 0.25) is 0 Å². The van der Waals surface area contributed by atoms with Crippen LogP contribution >= 0.6 is 0 Å². The molecule has 5 heteroatoms. The van der Waals surface area contributed by atoms with Crippen LogP contribution in [0.5, 0.6) is 0 Å². The fourth-order valence-corrected chi connectivity index (χ4v) is 2.22. The van der Waals surface area contributed by atoms with Gasteiger partial charge in [-0.25, -0.2) is 9.78 Å². The molecule has 100 valence electrons. The van der Waals surface area contributed by atoms with Crippen molar-refractivity contribution in [2.75, 3.05) is 19.6 Å². The summed E-state index contributed by atoms with van der Waals surface area (Å²) >= 11 is 0. The number of hydrogen-bond donors (Lipinski definition) is 1.